The zero-order valence-corrected chi connectivity index (χ0v) is 36.1. The molecule has 36 heteroatoms. The number of ether oxygens (including phenoxy) is 3. The van der Waals surface area contributed by atoms with Crippen molar-refractivity contribution in [1.82, 2.24) is 48.6 Å². The largest absolute Gasteiger partial charge is 0.472 e. The van der Waals surface area contributed by atoms with E-state index in [0.29, 0.717) is 0 Å². The Labute approximate surface area is 365 Å². The predicted octanol–water partition coefficient (Wildman–Crippen LogP) is -3.74. The van der Waals surface area contributed by atoms with Crippen LogP contribution in [0.2, 0.25) is 0 Å². The second-order valence-corrected chi connectivity index (χ2v) is 18.9. The zero-order chi connectivity index (χ0) is 47.6. The standard InChI is InChI=1S/C30H39N12O21P3/c1-10-3-40(30(48)39-25(10)46)15-2-11(43)12(59-15)4-57-65(52,53)63-21-14(61-28(19(21)45)42-9-36-17-24(42)37-29(32)38-26(17)47)6-58-66(54,55)62-20-13(5-56-64(49,50)51)60-27(18(20)44)41-8-35-16-22(31)33-7-34-23(16)41/h3,7-9,11-15,18-21,27-28,43-45H,2,4-6H2,1H3,(H,52,53)(H,54,55)(H2,31,33,34)(H,39,46,48)(H2,49,50,51)(H3,32,37,38,47)/t11-,12+,13+,14+,15+,18+,19+,20+,21+,27+,28+/m0/s1. The molecule has 3 aliphatic heterocycles. The molecule has 0 radical (unpaired) electrons. The highest BCUT2D eigenvalue weighted by atomic mass is 31.2. The summed E-state index contributed by atoms with van der Waals surface area (Å²) in [6.07, 6.45) is -14.6. The average molecular weight is 997 g/mol. The maximum atomic E-state index is 13.6. The van der Waals surface area contributed by atoms with E-state index in [2.05, 4.69) is 39.4 Å². The van der Waals surface area contributed by atoms with E-state index >= 15 is 0 Å². The molecule has 5 aromatic rings. The molecule has 66 heavy (non-hydrogen) atoms. The smallest absolute Gasteiger partial charge is 0.390 e. The highest BCUT2D eigenvalue weighted by Gasteiger charge is 2.53. The molecule has 5 aromatic heterocycles. The summed E-state index contributed by atoms with van der Waals surface area (Å²) in [5.41, 5.74) is 8.91. The molecule has 8 rings (SSSR count). The molecule has 13 N–H and O–H groups in total. The molecule has 33 nitrogen and oxygen atoms in total. The number of rotatable bonds is 16. The number of imidazole rings is 2. The van der Waals surface area contributed by atoms with Crippen molar-refractivity contribution in [2.75, 3.05) is 31.3 Å². The van der Waals surface area contributed by atoms with E-state index in [4.69, 9.17) is 43.8 Å². The van der Waals surface area contributed by atoms with Gasteiger partial charge in [0.2, 0.25) is 5.95 Å². The number of anilines is 2. The van der Waals surface area contributed by atoms with Gasteiger partial charge in [-0.15, -0.1) is 0 Å². The van der Waals surface area contributed by atoms with Crippen LogP contribution in [0, 0.1) is 6.92 Å². The summed E-state index contributed by atoms with van der Waals surface area (Å²) in [6.45, 7) is -1.61. The van der Waals surface area contributed by atoms with Crippen molar-refractivity contribution in [3.05, 3.63) is 61.9 Å². The number of aromatic amines is 2. The Hall–Kier alpha value is -4.73. The lowest BCUT2D eigenvalue weighted by molar-refractivity contribution is -0.0609. The van der Waals surface area contributed by atoms with Crippen molar-refractivity contribution < 1.29 is 85.4 Å². The van der Waals surface area contributed by atoms with E-state index in [9.17, 15) is 63.0 Å². The molecule has 0 saturated carbocycles. The van der Waals surface area contributed by atoms with Gasteiger partial charge in [-0.05, 0) is 6.92 Å². The first-order valence-electron chi connectivity index (χ1n) is 19.0. The molecule has 0 aliphatic carbocycles. The Morgan fingerprint density at radius 3 is 1.89 bits per heavy atom. The quantitative estimate of drug-likeness (QED) is 0.0423. The van der Waals surface area contributed by atoms with Gasteiger partial charge in [0.15, 0.2) is 35.1 Å². The highest BCUT2D eigenvalue weighted by Crippen LogP contribution is 2.52. The molecular weight excluding hydrogens is 957 g/mol. The summed E-state index contributed by atoms with van der Waals surface area (Å²) in [6, 6.07) is 0. The molecule has 3 aliphatic rings. The molecule has 8 heterocycles. The number of nitrogen functional groups attached to an aromatic ring is 2. The number of hydrogen-bond acceptors (Lipinski definition) is 24. The number of aliphatic hydroxyl groups is 3. The first-order valence-corrected chi connectivity index (χ1v) is 23.5. The van der Waals surface area contributed by atoms with Crippen molar-refractivity contribution in [2.24, 2.45) is 0 Å². The second-order valence-electron chi connectivity index (χ2n) is 14.8. The first-order chi connectivity index (χ1) is 31.0. The predicted molar refractivity (Wildman–Crippen MR) is 212 cm³/mol. The number of aromatic nitrogens is 10. The van der Waals surface area contributed by atoms with Gasteiger partial charge in [-0.1, -0.05) is 0 Å². The molecular formula is C30H39N12O21P3. The fourth-order valence-electron chi connectivity index (χ4n) is 7.32. The van der Waals surface area contributed by atoms with Gasteiger partial charge in [-0.3, -0.25) is 55.9 Å². The maximum Gasteiger partial charge on any atom is 0.472 e. The number of phosphoric acid groups is 3. The van der Waals surface area contributed by atoms with E-state index in [1.807, 2.05) is 0 Å². The van der Waals surface area contributed by atoms with Crippen molar-refractivity contribution >= 4 is 57.6 Å². The summed E-state index contributed by atoms with van der Waals surface area (Å²) in [7, 11) is -16.1. The average Bonchev–Trinajstić information content (AvgIpc) is 4.05. The number of aryl methyl sites for hydroxylation is 1. The molecule has 360 valence electrons. The normalized spacial score (nSPS) is 30.0. The maximum absolute atomic E-state index is 13.6. The third kappa shape index (κ3) is 9.80. The minimum atomic E-state index is -5.52. The van der Waals surface area contributed by atoms with E-state index in [1.54, 1.807) is 0 Å². The first kappa shape index (κ1) is 47.8. The fourth-order valence-corrected chi connectivity index (χ4v) is 9.59. The van der Waals surface area contributed by atoms with Gasteiger partial charge in [-0.2, -0.15) is 4.98 Å². The molecule has 2 unspecified atom stereocenters. The Balaban J connectivity index is 1.01. The zero-order valence-electron chi connectivity index (χ0n) is 33.4. The molecule has 0 spiro atoms. The molecule has 0 bridgehead atoms. The minimum absolute atomic E-state index is 0.00927. The fraction of sp³-hybridized carbons (Fsp3) is 0.533. The number of nitrogens with one attached hydrogen (secondary N) is 2. The lowest BCUT2D eigenvalue weighted by atomic mass is 10.1. The monoisotopic (exact) mass is 996 g/mol. The lowest BCUT2D eigenvalue weighted by Gasteiger charge is -2.26. The van der Waals surface area contributed by atoms with Crippen LogP contribution in [0.4, 0.5) is 11.8 Å². The van der Waals surface area contributed by atoms with Crippen LogP contribution in [0.3, 0.4) is 0 Å². The Kier molecular flexibility index (Phi) is 13.1. The molecule has 3 saturated heterocycles. The van der Waals surface area contributed by atoms with Gasteiger partial charge in [0.05, 0.1) is 38.6 Å². The van der Waals surface area contributed by atoms with Crippen LogP contribution in [0.25, 0.3) is 22.3 Å². The van der Waals surface area contributed by atoms with Gasteiger partial charge in [-0.25, -0.2) is 38.4 Å². The molecule has 13 atom stereocenters. The summed E-state index contributed by atoms with van der Waals surface area (Å²) in [5, 5.41) is 33.6. The third-order valence-corrected chi connectivity index (χ3v) is 12.8. The van der Waals surface area contributed by atoms with Crippen LogP contribution in [-0.2, 0) is 50.5 Å². The summed E-state index contributed by atoms with van der Waals surface area (Å²) < 4.78 is 84.5. The number of H-pyrrole nitrogens is 2. The van der Waals surface area contributed by atoms with Gasteiger partial charge >= 0.3 is 29.2 Å². The van der Waals surface area contributed by atoms with Crippen LogP contribution in [-0.4, -0.2) is 152 Å². The molecule has 0 amide bonds. The van der Waals surface area contributed by atoms with Crippen molar-refractivity contribution in [3.63, 3.8) is 0 Å². The summed E-state index contributed by atoms with van der Waals surface area (Å²) in [5.74, 6) is -0.450. The molecule has 3 fully saturated rings. The van der Waals surface area contributed by atoms with E-state index in [1.165, 1.54) is 13.1 Å². The van der Waals surface area contributed by atoms with Gasteiger partial charge in [0, 0.05) is 18.2 Å². The van der Waals surface area contributed by atoms with Crippen molar-refractivity contribution in [2.45, 2.75) is 80.9 Å². The second kappa shape index (κ2) is 18.1. The third-order valence-electron chi connectivity index (χ3n) is 10.4. The topological polar surface area (TPSA) is 481 Å². The van der Waals surface area contributed by atoms with Crippen LogP contribution < -0.4 is 28.3 Å². The van der Waals surface area contributed by atoms with Crippen LogP contribution in [0.5, 0.6) is 0 Å². The number of phosphoric ester groups is 3. The van der Waals surface area contributed by atoms with Crippen molar-refractivity contribution in [1.29, 1.82) is 0 Å². The summed E-state index contributed by atoms with van der Waals surface area (Å²) in [4.78, 5) is 102. The highest BCUT2D eigenvalue weighted by molar-refractivity contribution is 7.47. The van der Waals surface area contributed by atoms with Gasteiger partial charge in [0.25, 0.3) is 11.1 Å². The minimum Gasteiger partial charge on any atom is -0.390 e. The number of aliphatic hydroxyl groups excluding tert-OH is 3. The molecule has 0 aromatic carbocycles. The SMILES string of the molecule is Cc1cn([C@H]2C[C@H](O)[C@@H](COP(=O)(O)O[C@H]3[C@@H](O)[C@H](n4cnc5c(=O)[nH]c(N)nc54)O[C@@H]3COP(=O)(O)O[C@H]3[C@@H](O)[C@H](n4cnc5c(N)ncnc54)O[C@@H]3COP(=O)(O)O)O2)c(=O)[nH]c1=O. The van der Waals surface area contributed by atoms with Crippen molar-refractivity contribution in [3.8, 4) is 0 Å². The van der Waals surface area contributed by atoms with Gasteiger partial charge < -0.3 is 60.6 Å². The number of nitrogens with zero attached hydrogens (tertiary/aromatic N) is 8. The van der Waals surface area contributed by atoms with E-state index < -0.39 is 128 Å². The number of hydrogen-bond donors (Lipinski definition) is 11. The van der Waals surface area contributed by atoms with Crippen LogP contribution >= 0.6 is 23.5 Å². The lowest BCUT2D eigenvalue weighted by Crippen LogP contribution is -2.37. The van der Waals surface area contributed by atoms with E-state index in [-0.39, 0.29) is 46.1 Å². The van der Waals surface area contributed by atoms with Crippen LogP contribution in [0.15, 0.2) is 39.6 Å². The number of fused-ring (bicyclic) bond motifs is 2. The number of nitrogens with two attached hydrogens (primary N) is 2. The summed E-state index contributed by atoms with van der Waals surface area (Å²) >= 11 is 0. The van der Waals surface area contributed by atoms with E-state index in [0.717, 1.165) is 32.7 Å². The Morgan fingerprint density at radius 2 is 1.29 bits per heavy atom. The van der Waals surface area contributed by atoms with Gasteiger partial charge in [0.1, 0.15) is 60.8 Å². The Bertz CT molecular complexity index is 2960. The van der Waals surface area contributed by atoms with Crippen LogP contribution in [0.1, 0.15) is 30.7 Å². The Morgan fingerprint density at radius 1 is 0.727 bits per heavy atom.